The SMILES string of the molecule is Cc1ccc2cc(NC(Cc3ccc(C(=O)Nc4c(Cl)cncc4Cl)cc3)C(=O)O)ccc2n1. The van der Waals surface area contributed by atoms with Crippen LogP contribution in [-0.4, -0.2) is 33.0 Å². The van der Waals surface area contributed by atoms with E-state index in [1.54, 1.807) is 24.3 Å². The summed E-state index contributed by atoms with van der Waals surface area (Å²) >= 11 is 12.1. The molecule has 0 fully saturated rings. The molecule has 172 valence electrons. The molecule has 0 aliphatic carbocycles. The van der Waals surface area contributed by atoms with Crippen molar-refractivity contribution in [2.45, 2.75) is 19.4 Å². The fraction of sp³-hybridized carbons (Fsp3) is 0.120. The molecule has 0 saturated carbocycles. The minimum absolute atomic E-state index is 0.226. The molecular weight excluding hydrogens is 475 g/mol. The maximum Gasteiger partial charge on any atom is 0.326 e. The lowest BCUT2D eigenvalue weighted by molar-refractivity contribution is -0.137. The number of carboxylic acid groups (broad SMARTS) is 1. The molecule has 34 heavy (non-hydrogen) atoms. The number of pyridine rings is 2. The number of benzene rings is 2. The summed E-state index contributed by atoms with van der Waals surface area (Å²) in [5.74, 6) is -1.37. The Morgan fingerprint density at radius 1 is 1.00 bits per heavy atom. The Bertz CT molecular complexity index is 1360. The van der Waals surface area contributed by atoms with E-state index >= 15 is 0 Å². The van der Waals surface area contributed by atoms with E-state index in [-0.39, 0.29) is 22.2 Å². The highest BCUT2D eigenvalue weighted by Gasteiger charge is 2.19. The summed E-state index contributed by atoms with van der Waals surface area (Å²) in [5, 5.41) is 16.9. The molecule has 4 aromatic rings. The average molecular weight is 495 g/mol. The van der Waals surface area contributed by atoms with Gasteiger partial charge in [-0.3, -0.25) is 14.8 Å². The number of carbonyl (C=O) groups excluding carboxylic acids is 1. The van der Waals surface area contributed by atoms with E-state index in [0.717, 1.165) is 22.2 Å². The van der Waals surface area contributed by atoms with Gasteiger partial charge in [0, 0.05) is 41.1 Å². The Balaban J connectivity index is 1.45. The van der Waals surface area contributed by atoms with Crippen LogP contribution in [0, 0.1) is 6.92 Å². The number of anilines is 2. The van der Waals surface area contributed by atoms with Gasteiger partial charge in [0.15, 0.2) is 0 Å². The summed E-state index contributed by atoms with van der Waals surface area (Å²) in [6.45, 7) is 1.92. The van der Waals surface area contributed by atoms with Crippen LogP contribution in [-0.2, 0) is 11.2 Å². The van der Waals surface area contributed by atoms with Crippen LogP contribution in [0.25, 0.3) is 10.9 Å². The lowest BCUT2D eigenvalue weighted by atomic mass is 10.0. The first-order chi connectivity index (χ1) is 16.3. The standard InChI is InChI=1S/C25H20Cl2N4O3/c1-14-2-5-17-11-18(8-9-21(17)29-14)30-22(25(33)34)10-15-3-6-16(7-4-15)24(32)31-23-19(26)12-28-13-20(23)27/h2-9,11-13,22,30H,10H2,1H3,(H,33,34)(H,28,31,32). The molecule has 0 saturated heterocycles. The minimum atomic E-state index is -0.981. The fourth-order valence-electron chi connectivity index (χ4n) is 3.46. The first-order valence-electron chi connectivity index (χ1n) is 10.4. The van der Waals surface area contributed by atoms with E-state index in [9.17, 15) is 14.7 Å². The summed E-state index contributed by atoms with van der Waals surface area (Å²) in [6.07, 6.45) is 3.00. The minimum Gasteiger partial charge on any atom is -0.480 e. The van der Waals surface area contributed by atoms with Gasteiger partial charge >= 0.3 is 5.97 Å². The van der Waals surface area contributed by atoms with E-state index in [4.69, 9.17) is 23.2 Å². The maximum absolute atomic E-state index is 12.6. The first kappa shape index (κ1) is 23.5. The molecule has 1 atom stereocenters. The van der Waals surface area contributed by atoms with Crippen LogP contribution in [0.15, 0.2) is 67.0 Å². The highest BCUT2D eigenvalue weighted by Crippen LogP contribution is 2.29. The monoisotopic (exact) mass is 494 g/mol. The number of nitrogens with one attached hydrogen (secondary N) is 2. The zero-order valence-corrected chi connectivity index (χ0v) is 19.6. The molecule has 0 bridgehead atoms. The predicted molar refractivity (Wildman–Crippen MR) is 134 cm³/mol. The topological polar surface area (TPSA) is 104 Å². The normalized spacial score (nSPS) is 11.7. The van der Waals surface area contributed by atoms with Gasteiger partial charge in [-0.25, -0.2) is 4.79 Å². The molecular formula is C25H20Cl2N4O3. The van der Waals surface area contributed by atoms with Crippen molar-refractivity contribution < 1.29 is 14.7 Å². The van der Waals surface area contributed by atoms with E-state index in [0.29, 0.717) is 11.3 Å². The van der Waals surface area contributed by atoms with Crippen LogP contribution in [0.4, 0.5) is 11.4 Å². The Morgan fingerprint density at radius 3 is 2.38 bits per heavy atom. The van der Waals surface area contributed by atoms with E-state index in [1.807, 2.05) is 37.3 Å². The number of rotatable bonds is 7. The average Bonchev–Trinajstić information content (AvgIpc) is 2.81. The van der Waals surface area contributed by atoms with E-state index in [1.165, 1.54) is 12.4 Å². The zero-order valence-electron chi connectivity index (χ0n) is 18.0. The Hall–Kier alpha value is -3.68. The van der Waals surface area contributed by atoms with Crippen molar-refractivity contribution in [2.75, 3.05) is 10.6 Å². The number of carboxylic acids is 1. The Kier molecular flexibility index (Phi) is 6.95. The maximum atomic E-state index is 12.6. The van der Waals surface area contributed by atoms with E-state index < -0.39 is 17.9 Å². The second-order valence-corrected chi connectivity index (χ2v) is 8.54. The predicted octanol–water partition coefficient (Wildman–Crippen LogP) is 5.61. The van der Waals surface area contributed by atoms with Crippen molar-refractivity contribution in [2.24, 2.45) is 0 Å². The molecule has 3 N–H and O–H groups in total. The second-order valence-electron chi connectivity index (χ2n) is 7.73. The van der Waals surface area contributed by atoms with Gasteiger partial charge in [0.25, 0.3) is 5.91 Å². The summed E-state index contributed by atoms with van der Waals surface area (Å²) in [6, 6.07) is 15.2. The molecule has 9 heteroatoms. The molecule has 0 radical (unpaired) electrons. The van der Waals surface area contributed by atoms with Crippen LogP contribution in [0.1, 0.15) is 21.6 Å². The number of fused-ring (bicyclic) bond motifs is 1. The largest absolute Gasteiger partial charge is 0.480 e. The number of hydrogen-bond donors (Lipinski definition) is 3. The van der Waals surface area contributed by atoms with Crippen molar-refractivity contribution >= 4 is 57.4 Å². The van der Waals surface area contributed by atoms with Crippen molar-refractivity contribution in [1.82, 2.24) is 9.97 Å². The molecule has 4 rings (SSSR count). The number of aryl methyl sites for hydroxylation is 1. The molecule has 1 unspecified atom stereocenters. The molecule has 1 amide bonds. The smallest absolute Gasteiger partial charge is 0.326 e. The molecule has 0 spiro atoms. The van der Waals surface area contributed by atoms with Gasteiger partial charge in [0.1, 0.15) is 6.04 Å². The highest BCUT2D eigenvalue weighted by molar-refractivity contribution is 6.39. The lowest BCUT2D eigenvalue weighted by Gasteiger charge is -2.17. The summed E-state index contributed by atoms with van der Waals surface area (Å²) in [5.41, 5.74) is 3.87. The van der Waals surface area contributed by atoms with Gasteiger partial charge < -0.3 is 15.7 Å². The molecule has 2 heterocycles. The quantitative estimate of drug-likeness (QED) is 0.308. The number of nitrogens with zero attached hydrogens (tertiary/aromatic N) is 2. The molecule has 2 aromatic heterocycles. The lowest BCUT2D eigenvalue weighted by Crippen LogP contribution is -2.31. The fourth-order valence-corrected chi connectivity index (χ4v) is 3.92. The number of carbonyl (C=O) groups is 2. The third-order valence-corrected chi connectivity index (χ3v) is 5.79. The van der Waals surface area contributed by atoms with Gasteiger partial charge in [-0.1, -0.05) is 41.4 Å². The summed E-state index contributed by atoms with van der Waals surface area (Å²) < 4.78 is 0. The number of amides is 1. The molecule has 0 aliphatic rings. The summed E-state index contributed by atoms with van der Waals surface area (Å²) in [7, 11) is 0. The number of aliphatic carboxylic acids is 1. The third-order valence-electron chi connectivity index (χ3n) is 5.22. The zero-order chi connectivity index (χ0) is 24.2. The van der Waals surface area contributed by atoms with Crippen LogP contribution < -0.4 is 10.6 Å². The van der Waals surface area contributed by atoms with Gasteiger partial charge in [-0.05, 0) is 48.9 Å². The Morgan fingerprint density at radius 2 is 1.71 bits per heavy atom. The van der Waals surface area contributed by atoms with Crippen LogP contribution >= 0.6 is 23.2 Å². The number of hydrogen-bond acceptors (Lipinski definition) is 5. The summed E-state index contributed by atoms with van der Waals surface area (Å²) in [4.78, 5) is 32.8. The van der Waals surface area contributed by atoms with E-state index in [2.05, 4.69) is 20.6 Å². The highest BCUT2D eigenvalue weighted by atomic mass is 35.5. The molecule has 2 aromatic carbocycles. The van der Waals surface area contributed by atoms with Crippen molar-refractivity contribution in [3.63, 3.8) is 0 Å². The van der Waals surface area contributed by atoms with Crippen molar-refractivity contribution in [1.29, 1.82) is 0 Å². The second kappa shape index (κ2) is 10.1. The number of aromatic nitrogens is 2. The Labute approximate surface area is 205 Å². The van der Waals surface area contributed by atoms with Crippen molar-refractivity contribution in [3.8, 4) is 0 Å². The van der Waals surface area contributed by atoms with Gasteiger partial charge in [-0.15, -0.1) is 0 Å². The first-order valence-corrected chi connectivity index (χ1v) is 11.1. The van der Waals surface area contributed by atoms with Crippen LogP contribution in [0.2, 0.25) is 10.0 Å². The number of halogens is 2. The molecule has 0 aliphatic heterocycles. The van der Waals surface area contributed by atoms with Gasteiger partial charge in [-0.2, -0.15) is 0 Å². The van der Waals surface area contributed by atoms with Crippen LogP contribution in [0.3, 0.4) is 0 Å². The van der Waals surface area contributed by atoms with Gasteiger partial charge in [0.05, 0.1) is 21.2 Å². The third kappa shape index (κ3) is 5.44. The van der Waals surface area contributed by atoms with Gasteiger partial charge in [0.2, 0.25) is 0 Å². The van der Waals surface area contributed by atoms with Crippen LogP contribution in [0.5, 0.6) is 0 Å². The molecule has 7 nitrogen and oxygen atoms in total. The van der Waals surface area contributed by atoms with Crippen molar-refractivity contribution in [3.05, 3.63) is 93.9 Å².